The van der Waals surface area contributed by atoms with Crippen molar-refractivity contribution in [1.82, 2.24) is 10.2 Å². The summed E-state index contributed by atoms with van der Waals surface area (Å²) in [4.78, 5) is 15.6. The summed E-state index contributed by atoms with van der Waals surface area (Å²) >= 11 is 7.47. The molecule has 5 heteroatoms. The van der Waals surface area contributed by atoms with Gasteiger partial charge in [0.05, 0.1) is 16.8 Å². The molecule has 1 unspecified atom stereocenters. The Morgan fingerprint density at radius 3 is 2.95 bits per heavy atom. The van der Waals surface area contributed by atoms with Crippen molar-refractivity contribution >= 4 is 28.8 Å². The van der Waals surface area contributed by atoms with E-state index in [1.165, 1.54) is 16.9 Å². The van der Waals surface area contributed by atoms with Gasteiger partial charge in [-0.25, -0.2) is 0 Å². The van der Waals surface area contributed by atoms with Gasteiger partial charge in [0, 0.05) is 25.0 Å². The molecule has 2 aromatic rings. The van der Waals surface area contributed by atoms with Crippen LogP contribution in [0, 0.1) is 0 Å². The first-order chi connectivity index (χ1) is 10.1. The SMILES string of the molecule is CN(Cc1ccc(Cl)s1)C(=O)C1CNCc2ccccc21. The smallest absolute Gasteiger partial charge is 0.231 e. The summed E-state index contributed by atoms with van der Waals surface area (Å²) in [6, 6.07) is 12.0. The molecule has 0 radical (unpaired) electrons. The first kappa shape index (κ1) is 14.6. The van der Waals surface area contributed by atoms with E-state index in [2.05, 4.69) is 17.4 Å². The van der Waals surface area contributed by atoms with Gasteiger partial charge in [0.2, 0.25) is 5.91 Å². The van der Waals surface area contributed by atoms with Crippen LogP contribution in [0.3, 0.4) is 0 Å². The Hall–Kier alpha value is -1.36. The van der Waals surface area contributed by atoms with Crippen LogP contribution in [0.25, 0.3) is 0 Å². The number of hydrogen-bond acceptors (Lipinski definition) is 3. The van der Waals surface area contributed by atoms with Crippen molar-refractivity contribution in [2.24, 2.45) is 0 Å². The van der Waals surface area contributed by atoms with Gasteiger partial charge in [-0.15, -0.1) is 11.3 Å². The molecule has 0 bridgehead atoms. The second-order valence-corrected chi connectivity index (χ2v) is 7.08. The molecule has 1 aromatic carbocycles. The number of benzene rings is 1. The molecule has 0 fully saturated rings. The fourth-order valence-electron chi connectivity index (χ4n) is 2.73. The monoisotopic (exact) mass is 320 g/mol. The molecule has 1 aliphatic rings. The summed E-state index contributed by atoms with van der Waals surface area (Å²) in [5.74, 6) is 0.0505. The highest BCUT2D eigenvalue weighted by Crippen LogP contribution is 2.27. The van der Waals surface area contributed by atoms with E-state index in [1.54, 1.807) is 4.90 Å². The number of nitrogens with zero attached hydrogens (tertiary/aromatic N) is 1. The number of amides is 1. The molecule has 1 aromatic heterocycles. The highest BCUT2D eigenvalue weighted by atomic mass is 35.5. The number of thiophene rings is 1. The fourth-order valence-corrected chi connectivity index (χ4v) is 3.87. The number of rotatable bonds is 3. The largest absolute Gasteiger partial charge is 0.340 e. The maximum atomic E-state index is 12.7. The molecule has 0 spiro atoms. The first-order valence-corrected chi connectivity index (χ1v) is 8.12. The Labute approximate surface area is 133 Å². The predicted molar refractivity (Wildman–Crippen MR) is 86.7 cm³/mol. The van der Waals surface area contributed by atoms with Gasteiger partial charge in [-0.05, 0) is 23.3 Å². The zero-order valence-electron chi connectivity index (χ0n) is 11.8. The van der Waals surface area contributed by atoms with Gasteiger partial charge in [0.15, 0.2) is 0 Å². The molecule has 0 saturated heterocycles. The minimum Gasteiger partial charge on any atom is -0.340 e. The quantitative estimate of drug-likeness (QED) is 0.941. The predicted octanol–water partition coefficient (Wildman–Crippen LogP) is 3.25. The van der Waals surface area contributed by atoms with Gasteiger partial charge >= 0.3 is 0 Å². The van der Waals surface area contributed by atoms with E-state index in [4.69, 9.17) is 11.6 Å². The fraction of sp³-hybridized carbons (Fsp3) is 0.312. The van der Waals surface area contributed by atoms with Crippen LogP contribution >= 0.6 is 22.9 Å². The van der Waals surface area contributed by atoms with Crippen LogP contribution in [-0.2, 0) is 17.9 Å². The van der Waals surface area contributed by atoms with Crippen molar-refractivity contribution in [2.75, 3.05) is 13.6 Å². The van der Waals surface area contributed by atoms with Gasteiger partial charge in [-0.3, -0.25) is 4.79 Å². The minimum atomic E-state index is -0.101. The van der Waals surface area contributed by atoms with Crippen LogP contribution in [0.1, 0.15) is 21.9 Å². The lowest BCUT2D eigenvalue weighted by Gasteiger charge is -2.29. The summed E-state index contributed by atoms with van der Waals surface area (Å²) in [5, 5.41) is 3.33. The maximum Gasteiger partial charge on any atom is 0.231 e. The molecule has 110 valence electrons. The van der Waals surface area contributed by atoms with E-state index in [-0.39, 0.29) is 11.8 Å². The highest BCUT2D eigenvalue weighted by Gasteiger charge is 2.28. The van der Waals surface area contributed by atoms with Crippen LogP contribution in [0.2, 0.25) is 4.34 Å². The Balaban J connectivity index is 1.76. The Kier molecular flexibility index (Phi) is 4.29. The Morgan fingerprint density at radius 2 is 2.19 bits per heavy atom. The molecule has 21 heavy (non-hydrogen) atoms. The van der Waals surface area contributed by atoms with Crippen LogP contribution < -0.4 is 5.32 Å². The standard InChI is InChI=1S/C16H17ClN2OS/c1-19(10-12-6-7-15(17)21-12)16(20)14-9-18-8-11-4-2-3-5-13(11)14/h2-7,14,18H,8-10H2,1H3. The third kappa shape index (κ3) is 3.12. The molecule has 1 atom stereocenters. The Bertz CT molecular complexity index is 655. The van der Waals surface area contributed by atoms with Crippen LogP contribution in [0.4, 0.5) is 0 Å². The maximum absolute atomic E-state index is 12.7. The number of fused-ring (bicyclic) bond motifs is 1. The second kappa shape index (κ2) is 6.18. The zero-order valence-corrected chi connectivity index (χ0v) is 13.4. The average molecular weight is 321 g/mol. The van der Waals surface area contributed by atoms with Gasteiger partial charge in [0.25, 0.3) is 0 Å². The van der Waals surface area contributed by atoms with Crippen molar-refractivity contribution in [2.45, 2.75) is 19.0 Å². The van der Waals surface area contributed by atoms with Gasteiger partial charge < -0.3 is 10.2 Å². The van der Waals surface area contributed by atoms with Gasteiger partial charge in [-0.2, -0.15) is 0 Å². The van der Waals surface area contributed by atoms with Crippen LogP contribution in [0.15, 0.2) is 36.4 Å². The normalized spacial score (nSPS) is 17.3. The Morgan fingerprint density at radius 1 is 1.38 bits per heavy atom. The van der Waals surface area contributed by atoms with Gasteiger partial charge in [-0.1, -0.05) is 35.9 Å². The molecule has 1 amide bonds. The first-order valence-electron chi connectivity index (χ1n) is 6.93. The van der Waals surface area contributed by atoms with E-state index in [0.29, 0.717) is 13.1 Å². The summed E-state index contributed by atoms with van der Waals surface area (Å²) < 4.78 is 0.760. The highest BCUT2D eigenvalue weighted by molar-refractivity contribution is 7.16. The topological polar surface area (TPSA) is 32.3 Å². The third-order valence-corrected chi connectivity index (χ3v) is 5.01. The van der Waals surface area contributed by atoms with Crippen molar-refractivity contribution in [3.05, 3.63) is 56.7 Å². The van der Waals surface area contributed by atoms with Crippen molar-refractivity contribution in [3.8, 4) is 0 Å². The van der Waals surface area contributed by atoms with E-state index >= 15 is 0 Å². The molecule has 1 N–H and O–H groups in total. The second-order valence-electron chi connectivity index (χ2n) is 5.28. The molecular weight excluding hydrogens is 304 g/mol. The third-order valence-electron chi connectivity index (χ3n) is 3.79. The van der Waals surface area contributed by atoms with Crippen LogP contribution in [0.5, 0.6) is 0 Å². The van der Waals surface area contributed by atoms with Crippen molar-refractivity contribution < 1.29 is 4.79 Å². The molecule has 0 aliphatic carbocycles. The lowest BCUT2D eigenvalue weighted by atomic mass is 9.90. The van der Waals surface area contributed by atoms with Crippen LogP contribution in [-0.4, -0.2) is 24.4 Å². The summed E-state index contributed by atoms with van der Waals surface area (Å²) in [6.45, 7) is 2.14. The molecule has 3 rings (SSSR count). The van der Waals surface area contributed by atoms with E-state index in [1.807, 2.05) is 31.3 Å². The number of carbonyl (C=O) groups excluding carboxylic acids is 1. The molecule has 2 heterocycles. The van der Waals surface area contributed by atoms with E-state index in [9.17, 15) is 4.79 Å². The number of hydrogen-bond donors (Lipinski definition) is 1. The zero-order chi connectivity index (χ0) is 14.8. The summed E-state index contributed by atoms with van der Waals surface area (Å²) in [5.41, 5.74) is 2.37. The number of carbonyl (C=O) groups is 1. The molecule has 3 nitrogen and oxygen atoms in total. The average Bonchev–Trinajstić information content (AvgIpc) is 2.91. The van der Waals surface area contributed by atoms with Crippen molar-refractivity contribution in [3.63, 3.8) is 0 Å². The minimum absolute atomic E-state index is 0.101. The summed E-state index contributed by atoms with van der Waals surface area (Å²) in [7, 11) is 1.85. The number of halogens is 1. The van der Waals surface area contributed by atoms with Crippen molar-refractivity contribution in [1.29, 1.82) is 0 Å². The molecule has 1 aliphatic heterocycles. The number of nitrogens with one attached hydrogen (secondary N) is 1. The lowest BCUT2D eigenvalue weighted by molar-refractivity contribution is -0.132. The van der Waals surface area contributed by atoms with E-state index < -0.39 is 0 Å². The van der Waals surface area contributed by atoms with Gasteiger partial charge in [0.1, 0.15) is 0 Å². The summed E-state index contributed by atoms with van der Waals surface area (Å²) in [6.07, 6.45) is 0. The van der Waals surface area contributed by atoms with E-state index in [0.717, 1.165) is 21.3 Å². The number of likely N-dealkylation sites (N-methyl/N-ethyl adjacent to an activating group) is 1. The molecular formula is C16H17ClN2OS. The molecule has 0 saturated carbocycles. The lowest BCUT2D eigenvalue weighted by Crippen LogP contribution is -2.39.